The molecule has 2 aromatic heterocycles. The maximum Gasteiger partial charge on any atom is 0.119 e. The van der Waals surface area contributed by atoms with Gasteiger partial charge in [-0.3, -0.25) is 4.40 Å². The lowest BCUT2D eigenvalue weighted by Gasteiger charge is -2.04. The molecule has 0 radical (unpaired) electrons. The van der Waals surface area contributed by atoms with Gasteiger partial charge in [-0.25, -0.2) is 4.98 Å². The quantitative estimate of drug-likeness (QED) is 0.725. The molecule has 3 nitrogen and oxygen atoms in total. The Kier molecular flexibility index (Phi) is 2.29. The van der Waals surface area contributed by atoms with Crippen LogP contribution >= 0.6 is 0 Å². The van der Waals surface area contributed by atoms with E-state index in [1.165, 1.54) is 5.56 Å². The Morgan fingerprint density at radius 2 is 1.82 bits per heavy atom. The summed E-state index contributed by atoms with van der Waals surface area (Å²) in [6.45, 7) is 0. The Bertz CT molecular complexity index is 641. The molecule has 0 spiro atoms. The van der Waals surface area contributed by atoms with Crippen LogP contribution in [0.4, 0.5) is 5.82 Å². The molecule has 0 amide bonds. The zero-order valence-corrected chi connectivity index (χ0v) is 9.38. The molecule has 2 heterocycles. The number of nitrogens with zero attached hydrogens (tertiary/aromatic N) is 2. The van der Waals surface area contributed by atoms with E-state index < -0.39 is 0 Å². The van der Waals surface area contributed by atoms with Gasteiger partial charge in [-0.1, -0.05) is 36.4 Å². The van der Waals surface area contributed by atoms with Gasteiger partial charge in [0.05, 0.1) is 11.7 Å². The topological polar surface area (TPSA) is 43.3 Å². The van der Waals surface area contributed by atoms with Crippen molar-refractivity contribution in [2.24, 2.45) is 0 Å². The fourth-order valence-electron chi connectivity index (χ4n) is 2.04. The molecule has 17 heavy (non-hydrogen) atoms. The number of hydrogen-bond donors (Lipinski definition) is 1. The highest BCUT2D eigenvalue weighted by Gasteiger charge is 2.06. The summed E-state index contributed by atoms with van der Waals surface area (Å²) >= 11 is 0. The first-order valence-electron chi connectivity index (χ1n) is 5.59. The Balaban J connectivity index is 2.07. The molecular weight excluding hydrogens is 210 g/mol. The number of nitrogen functional groups attached to an aromatic ring is 1. The molecule has 0 aliphatic heterocycles. The van der Waals surface area contributed by atoms with E-state index in [9.17, 15) is 0 Å². The highest BCUT2D eigenvalue weighted by molar-refractivity contribution is 5.53. The van der Waals surface area contributed by atoms with Gasteiger partial charge in [0.15, 0.2) is 0 Å². The summed E-state index contributed by atoms with van der Waals surface area (Å²) in [6.07, 6.45) is 2.65. The number of fused-ring (bicyclic) bond motifs is 1. The summed E-state index contributed by atoms with van der Waals surface area (Å²) in [4.78, 5) is 4.43. The number of aromatic nitrogens is 2. The highest BCUT2D eigenvalue weighted by atomic mass is 15.1. The predicted octanol–water partition coefficient (Wildman–Crippen LogP) is 2.51. The van der Waals surface area contributed by atoms with Gasteiger partial charge in [0.1, 0.15) is 11.6 Å². The second-order valence-electron chi connectivity index (χ2n) is 4.05. The van der Waals surface area contributed by atoms with Crippen LogP contribution in [0.25, 0.3) is 5.52 Å². The van der Waals surface area contributed by atoms with Gasteiger partial charge in [0, 0.05) is 6.42 Å². The smallest absolute Gasteiger partial charge is 0.119 e. The predicted molar refractivity (Wildman–Crippen MR) is 68.9 cm³/mol. The Morgan fingerprint density at radius 3 is 2.65 bits per heavy atom. The lowest BCUT2D eigenvalue weighted by molar-refractivity contribution is 0.969. The minimum absolute atomic E-state index is 0.728. The monoisotopic (exact) mass is 223 g/mol. The zero-order valence-electron chi connectivity index (χ0n) is 9.38. The van der Waals surface area contributed by atoms with Crippen LogP contribution in [0.3, 0.4) is 0 Å². The van der Waals surface area contributed by atoms with E-state index in [1.54, 1.807) is 0 Å². The van der Waals surface area contributed by atoms with E-state index in [0.29, 0.717) is 0 Å². The first-order chi connectivity index (χ1) is 8.34. The van der Waals surface area contributed by atoms with E-state index in [4.69, 9.17) is 5.73 Å². The summed E-state index contributed by atoms with van der Waals surface area (Å²) < 4.78 is 1.99. The Labute approximate surface area is 99.5 Å². The van der Waals surface area contributed by atoms with Gasteiger partial charge in [-0.05, 0) is 17.7 Å². The number of hydrogen-bond acceptors (Lipinski definition) is 2. The van der Waals surface area contributed by atoms with Crippen molar-refractivity contribution in [1.29, 1.82) is 0 Å². The van der Waals surface area contributed by atoms with E-state index in [1.807, 2.05) is 47.0 Å². The van der Waals surface area contributed by atoms with Gasteiger partial charge < -0.3 is 5.73 Å². The van der Waals surface area contributed by atoms with Crippen molar-refractivity contribution in [3.05, 3.63) is 66.1 Å². The van der Waals surface area contributed by atoms with Crippen molar-refractivity contribution in [2.45, 2.75) is 6.42 Å². The van der Waals surface area contributed by atoms with Gasteiger partial charge in [0.25, 0.3) is 0 Å². The number of benzene rings is 1. The molecule has 0 bridgehead atoms. The largest absolute Gasteiger partial charge is 0.385 e. The minimum atomic E-state index is 0.728. The second-order valence-corrected chi connectivity index (χ2v) is 4.05. The van der Waals surface area contributed by atoms with E-state index in [2.05, 4.69) is 17.1 Å². The average molecular weight is 223 g/mol. The standard InChI is InChI=1S/C14H13N3/c15-13-8-4-7-12-10-16-14(17(12)13)9-11-5-2-1-3-6-11/h1-8,10H,9,15H2. The van der Waals surface area contributed by atoms with Gasteiger partial charge in [0.2, 0.25) is 0 Å². The molecule has 0 unspecified atom stereocenters. The second kappa shape index (κ2) is 3.94. The van der Waals surface area contributed by atoms with Crippen LogP contribution in [0.2, 0.25) is 0 Å². The van der Waals surface area contributed by atoms with Crippen LogP contribution in [0.1, 0.15) is 11.4 Å². The van der Waals surface area contributed by atoms with Gasteiger partial charge in [-0.2, -0.15) is 0 Å². The molecular formula is C14H13N3. The van der Waals surface area contributed by atoms with Crippen molar-refractivity contribution in [3.63, 3.8) is 0 Å². The van der Waals surface area contributed by atoms with Crippen molar-refractivity contribution < 1.29 is 0 Å². The summed E-state index contributed by atoms with van der Waals surface area (Å²) in [5.74, 6) is 1.70. The van der Waals surface area contributed by atoms with E-state index in [0.717, 1.165) is 23.6 Å². The van der Waals surface area contributed by atoms with Crippen LogP contribution in [0, 0.1) is 0 Å². The molecule has 0 aliphatic carbocycles. The first-order valence-corrected chi connectivity index (χ1v) is 5.59. The molecule has 0 saturated carbocycles. The van der Waals surface area contributed by atoms with E-state index in [-0.39, 0.29) is 0 Å². The molecule has 2 N–H and O–H groups in total. The molecule has 3 heteroatoms. The third-order valence-corrected chi connectivity index (χ3v) is 2.86. The summed E-state index contributed by atoms with van der Waals surface area (Å²) in [5.41, 5.74) is 8.26. The first kappa shape index (κ1) is 9.90. The Morgan fingerprint density at radius 1 is 1.00 bits per heavy atom. The number of pyridine rings is 1. The van der Waals surface area contributed by atoms with Crippen LogP contribution in [0.5, 0.6) is 0 Å². The highest BCUT2D eigenvalue weighted by Crippen LogP contribution is 2.15. The van der Waals surface area contributed by atoms with Crippen LogP contribution in [-0.4, -0.2) is 9.38 Å². The maximum atomic E-state index is 5.98. The molecule has 0 atom stereocenters. The van der Waals surface area contributed by atoms with Crippen LogP contribution in [-0.2, 0) is 6.42 Å². The van der Waals surface area contributed by atoms with Crippen LogP contribution in [0.15, 0.2) is 54.7 Å². The molecule has 1 aromatic carbocycles. The SMILES string of the molecule is Nc1cccc2cnc(Cc3ccccc3)n12. The van der Waals surface area contributed by atoms with Crippen molar-refractivity contribution in [3.8, 4) is 0 Å². The fourth-order valence-corrected chi connectivity index (χ4v) is 2.04. The Hall–Kier alpha value is -2.29. The summed E-state index contributed by atoms with van der Waals surface area (Å²) in [7, 11) is 0. The molecule has 84 valence electrons. The molecule has 0 fully saturated rings. The zero-order chi connectivity index (χ0) is 11.7. The molecule has 0 saturated heterocycles. The lowest BCUT2D eigenvalue weighted by Crippen LogP contribution is -2.01. The van der Waals surface area contributed by atoms with Crippen molar-refractivity contribution >= 4 is 11.3 Å². The minimum Gasteiger partial charge on any atom is -0.385 e. The lowest BCUT2D eigenvalue weighted by atomic mass is 10.1. The average Bonchev–Trinajstić information content (AvgIpc) is 2.75. The number of rotatable bonds is 2. The number of nitrogens with two attached hydrogens (primary N) is 1. The number of imidazole rings is 1. The summed E-state index contributed by atoms with van der Waals surface area (Å²) in [5, 5.41) is 0. The van der Waals surface area contributed by atoms with Gasteiger partial charge in [-0.15, -0.1) is 0 Å². The van der Waals surface area contributed by atoms with Crippen molar-refractivity contribution in [1.82, 2.24) is 9.38 Å². The molecule has 0 aliphatic rings. The van der Waals surface area contributed by atoms with Gasteiger partial charge >= 0.3 is 0 Å². The van der Waals surface area contributed by atoms with E-state index >= 15 is 0 Å². The number of anilines is 1. The molecule has 3 aromatic rings. The normalized spacial score (nSPS) is 10.8. The molecule has 3 rings (SSSR count). The maximum absolute atomic E-state index is 5.98. The van der Waals surface area contributed by atoms with Crippen LogP contribution < -0.4 is 5.73 Å². The summed E-state index contributed by atoms with van der Waals surface area (Å²) in [6, 6.07) is 16.1. The third kappa shape index (κ3) is 1.76. The fraction of sp³-hybridized carbons (Fsp3) is 0.0714. The van der Waals surface area contributed by atoms with Crippen molar-refractivity contribution in [2.75, 3.05) is 5.73 Å². The third-order valence-electron chi connectivity index (χ3n) is 2.86.